The van der Waals surface area contributed by atoms with E-state index in [1.807, 2.05) is 0 Å². The summed E-state index contributed by atoms with van der Waals surface area (Å²) in [6, 6.07) is 11.0. The normalized spacial score (nSPS) is 12.4. The molecule has 7 heteroatoms. The smallest absolute Gasteiger partial charge is 0.264 e. The van der Waals surface area contributed by atoms with Crippen molar-refractivity contribution in [1.82, 2.24) is 4.98 Å². The van der Waals surface area contributed by atoms with Crippen molar-refractivity contribution in [2.24, 2.45) is 0 Å². The van der Waals surface area contributed by atoms with Gasteiger partial charge in [-0.3, -0.25) is 4.72 Å². The van der Waals surface area contributed by atoms with E-state index in [9.17, 15) is 13.5 Å². The first-order chi connectivity index (χ1) is 9.95. The van der Waals surface area contributed by atoms with Gasteiger partial charge < -0.3 is 5.11 Å². The molecule has 108 valence electrons. The summed E-state index contributed by atoms with van der Waals surface area (Å²) in [4.78, 5) is 3.53. The molecule has 6 nitrogen and oxygen atoms in total. The van der Waals surface area contributed by atoms with Crippen molar-refractivity contribution in [2.45, 2.75) is 17.9 Å². The summed E-state index contributed by atoms with van der Waals surface area (Å²) in [5.41, 5.74) is 0.531. The zero-order chi connectivity index (χ0) is 15.5. The molecule has 0 saturated carbocycles. The number of para-hydroxylation sites is 1. The highest BCUT2D eigenvalue weighted by atomic mass is 32.2. The molecular weight excluding hydrogens is 290 g/mol. The van der Waals surface area contributed by atoms with Gasteiger partial charge in [0, 0.05) is 11.8 Å². The topological polar surface area (TPSA) is 103 Å². The van der Waals surface area contributed by atoms with Crippen LogP contribution in [0.15, 0.2) is 47.5 Å². The summed E-state index contributed by atoms with van der Waals surface area (Å²) in [5.74, 6) is 0. The molecule has 0 saturated heterocycles. The first kappa shape index (κ1) is 15.0. The number of aromatic nitrogens is 1. The molecular formula is C14H13N3O3S. The van der Waals surface area contributed by atoms with E-state index in [0.717, 1.165) is 0 Å². The number of hydrogen-bond donors (Lipinski definition) is 2. The SMILES string of the molecule is CC(O)c1ccccc1NS(=O)(=O)c1cccnc1C#N. The molecule has 1 unspecified atom stereocenters. The second-order valence-electron chi connectivity index (χ2n) is 4.33. The molecule has 0 spiro atoms. The summed E-state index contributed by atoms with van der Waals surface area (Å²) in [5, 5.41) is 18.6. The number of sulfonamides is 1. The molecule has 1 atom stereocenters. The molecule has 0 aliphatic heterocycles. The molecule has 0 aliphatic carbocycles. The van der Waals surface area contributed by atoms with Crippen LogP contribution in [0.5, 0.6) is 0 Å². The third kappa shape index (κ3) is 3.18. The Morgan fingerprint density at radius 1 is 1.29 bits per heavy atom. The molecule has 1 aromatic heterocycles. The van der Waals surface area contributed by atoms with E-state index >= 15 is 0 Å². The zero-order valence-corrected chi connectivity index (χ0v) is 12.0. The maximum absolute atomic E-state index is 12.4. The van der Waals surface area contributed by atoms with Gasteiger partial charge in [0.15, 0.2) is 5.69 Å². The molecule has 0 radical (unpaired) electrons. The number of pyridine rings is 1. The minimum atomic E-state index is -3.96. The van der Waals surface area contributed by atoms with Gasteiger partial charge in [0.25, 0.3) is 10.0 Å². The third-order valence-electron chi connectivity index (χ3n) is 2.82. The van der Waals surface area contributed by atoms with E-state index in [4.69, 9.17) is 5.26 Å². The van der Waals surface area contributed by atoms with Crippen molar-refractivity contribution in [3.05, 3.63) is 53.9 Å². The van der Waals surface area contributed by atoms with Crippen LogP contribution in [-0.2, 0) is 10.0 Å². The van der Waals surface area contributed by atoms with E-state index in [2.05, 4.69) is 9.71 Å². The van der Waals surface area contributed by atoms with Crippen LogP contribution in [0.4, 0.5) is 5.69 Å². The number of rotatable bonds is 4. The molecule has 0 bridgehead atoms. The number of nitriles is 1. The summed E-state index contributed by atoms with van der Waals surface area (Å²) >= 11 is 0. The number of aliphatic hydroxyl groups excluding tert-OH is 1. The molecule has 2 aromatic rings. The van der Waals surface area contributed by atoms with Crippen LogP contribution in [0.1, 0.15) is 24.3 Å². The lowest BCUT2D eigenvalue weighted by Crippen LogP contribution is -2.16. The zero-order valence-electron chi connectivity index (χ0n) is 11.2. The van der Waals surface area contributed by atoms with Crippen LogP contribution in [0.2, 0.25) is 0 Å². The first-order valence-corrected chi connectivity index (χ1v) is 7.59. The highest BCUT2D eigenvalue weighted by molar-refractivity contribution is 7.92. The average molecular weight is 303 g/mol. The molecule has 0 fully saturated rings. The quantitative estimate of drug-likeness (QED) is 0.896. The molecule has 1 aromatic carbocycles. The highest BCUT2D eigenvalue weighted by Crippen LogP contribution is 2.25. The van der Waals surface area contributed by atoms with Gasteiger partial charge in [0.1, 0.15) is 11.0 Å². The lowest BCUT2D eigenvalue weighted by molar-refractivity contribution is 0.200. The Labute approximate surface area is 122 Å². The van der Waals surface area contributed by atoms with Gasteiger partial charge in [-0.15, -0.1) is 0 Å². The van der Waals surface area contributed by atoms with E-state index < -0.39 is 16.1 Å². The number of anilines is 1. The minimum Gasteiger partial charge on any atom is -0.389 e. The number of nitrogens with zero attached hydrogens (tertiary/aromatic N) is 2. The van der Waals surface area contributed by atoms with E-state index in [1.54, 1.807) is 30.3 Å². The summed E-state index contributed by atoms with van der Waals surface area (Å²) in [6.07, 6.45) is 0.523. The van der Waals surface area contributed by atoms with Crippen molar-refractivity contribution in [3.8, 4) is 6.07 Å². The molecule has 0 aliphatic rings. The van der Waals surface area contributed by atoms with Crippen LogP contribution in [-0.4, -0.2) is 18.5 Å². The van der Waals surface area contributed by atoms with Gasteiger partial charge >= 0.3 is 0 Å². The lowest BCUT2D eigenvalue weighted by Gasteiger charge is -2.14. The lowest BCUT2D eigenvalue weighted by atomic mass is 10.1. The maximum Gasteiger partial charge on any atom is 0.264 e. The summed E-state index contributed by atoms with van der Waals surface area (Å²) in [6.45, 7) is 1.54. The second-order valence-corrected chi connectivity index (χ2v) is 5.98. The van der Waals surface area contributed by atoms with Crippen LogP contribution >= 0.6 is 0 Å². The Bertz CT molecular complexity index is 795. The van der Waals surface area contributed by atoms with Crippen molar-refractivity contribution in [2.75, 3.05) is 4.72 Å². The fourth-order valence-corrected chi connectivity index (χ4v) is 3.04. The fraction of sp³-hybridized carbons (Fsp3) is 0.143. The molecule has 21 heavy (non-hydrogen) atoms. The van der Waals surface area contributed by atoms with Crippen LogP contribution in [0.25, 0.3) is 0 Å². The predicted molar refractivity (Wildman–Crippen MR) is 76.8 cm³/mol. The largest absolute Gasteiger partial charge is 0.389 e. The standard InChI is InChI=1S/C14H13N3O3S/c1-10(18)11-5-2-3-6-12(11)17-21(19,20)14-7-4-8-16-13(14)9-15/h2-8,10,17-18H,1H3. The van der Waals surface area contributed by atoms with Crippen LogP contribution in [0.3, 0.4) is 0 Å². The first-order valence-electron chi connectivity index (χ1n) is 6.10. The van der Waals surface area contributed by atoms with Gasteiger partial charge in [-0.05, 0) is 25.1 Å². The van der Waals surface area contributed by atoms with E-state index in [1.165, 1.54) is 25.3 Å². The Morgan fingerprint density at radius 3 is 2.67 bits per heavy atom. The van der Waals surface area contributed by atoms with Crippen molar-refractivity contribution < 1.29 is 13.5 Å². The van der Waals surface area contributed by atoms with Gasteiger partial charge in [-0.2, -0.15) is 5.26 Å². The van der Waals surface area contributed by atoms with Gasteiger partial charge in [-0.1, -0.05) is 18.2 Å². The van der Waals surface area contributed by atoms with E-state index in [0.29, 0.717) is 5.56 Å². The monoisotopic (exact) mass is 303 g/mol. The summed E-state index contributed by atoms with van der Waals surface area (Å²) < 4.78 is 27.1. The average Bonchev–Trinajstić information content (AvgIpc) is 2.47. The van der Waals surface area contributed by atoms with Gasteiger partial charge in [-0.25, -0.2) is 13.4 Å². The Balaban J connectivity index is 2.46. The summed E-state index contributed by atoms with van der Waals surface area (Å²) in [7, 11) is -3.96. The van der Waals surface area contributed by atoms with Crippen molar-refractivity contribution in [3.63, 3.8) is 0 Å². The van der Waals surface area contributed by atoms with E-state index in [-0.39, 0.29) is 16.3 Å². The van der Waals surface area contributed by atoms with Crippen molar-refractivity contribution in [1.29, 1.82) is 5.26 Å². The number of nitrogens with one attached hydrogen (secondary N) is 1. The Hall–Kier alpha value is -2.43. The number of hydrogen-bond acceptors (Lipinski definition) is 5. The molecule has 2 rings (SSSR count). The highest BCUT2D eigenvalue weighted by Gasteiger charge is 2.21. The number of benzene rings is 1. The third-order valence-corrected chi connectivity index (χ3v) is 4.22. The second kappa shape index (κ2) is 5.91. The van der Waals surface area contributed by atoms with Gasteiger partial charge in [0.05, 0.1) is 11.8 Å². The Kier molecular flexibility index (Phi) is 4.21. The molecule has 0 amide bonds. The van der Waals surface area contributed by atoms with Crippen LogP contribution < -0.4 is 4.72 Å². The predicted octanol–water partition coefficient (Wildman–Crippen LogP) is 1.81. The minimum absolute atomic E-state index is 0.181. The number of aliphatic hydroxyl groups is 1. The van der Waals surface area contributed by atoms with Crippen LogP contribution in [0, 0.1) is 11.3 Å². The fourth-order valence-electron chi connectivity index (χ4n) is 1.85. The maximum atomic E-state index is 12.4. The molecule has 1 heterocycles. The molecule has 2 N–H and O–H groups in total. The van der Waals surface area contributed by atoms with Crippen molar-refractivity contribution >= 4 is 15.7 Å². The van der Waals surface area contributed by atoms with Gasteiger partial charge in [0.2, 0.25) is 0 Å². The Morgan fingerprint density at radius 2 is 2.00 bits per heavy atom.